The van der Waals surface area contributed by atoms with Crippen LogP contribution in [0.1, 0.15) is 30.0 Å². The molecule has 1 heterocycles. The van der Waals surface area contributed by atoms with E-state index in [2.05, 4.69) is 17.0 Å². The first-order chi connectivity index (χ1) is 11.2. The molecule has 1 aliphatic heterocycles. The number of methoxy groups -OCH3 is 1. The summed E-state index contributed by atoms with van der Waals surface area (Å²) in [6.07, 6.45) is 2.26. The van der Waals surface area contributed by atoms with Crippen LogP contribution in [0.25, 0.3) is 0 Å². The maximum absolute atomic E-state index is 10.9. The van der Waals surface area contributed by atoms with Gasteiger partial charge in [0.25, 0.3) is 5.69 Å². The largest absolute Gasteiger partial charge is 0.497 e. The molecule has 1 aliphatic rings. The zero-order valence-corrected chi connectivity index (χ0v) is 13.1. The van der Waals surface area contributed by atoms with Gasteiger partial charge in [0.15, 0.2) is 0 Å². The first-order valence-corrected chi connectivity index (χ1v) is 7.78. The van der Waals surface area contributed by atoms with Crippen molar-refractivity contribution >= 4 is 5.69 Å². The van der Waals surface area contributed by atoms with Crippen LogP contribution in [0.2, 0.25) is 0 Å². The fourth-order valence-corrected chi connectivity index (χ4v) is 3.22. The molecule has 0 radical (unpaired) electrons. The van der Waals surface area contributed by atoms with Gasteiger partial charge in [0, 0.05) is 24.7 Å². The lowest BCUT2D eigenvalue weighted by atomic mass is 10.0. The predicted molar refractivity (Wildman–Crippen MR) is 88.5 cm³/mol. The number of nitro benzene ring substituents is 1. The highest BCUT2D eigenvalue weighted by molar-refractivity contribution is 5.35. The molecule has 2 aromatic rings. The smallest absolute Gasteiger partial charge is 0.269 e. The van der Waals surface area contributed by atoms with Gasteiger partial charge in [-0.1, -0.05) is 24.3 Å². The Balaban J connectivity index is 1.76. The molecule has 0 N–H and O–H groups in total. The number of rotatable bonds is 5. The van der Waals surface area contributed by atoms with Crippen LogP contribution in [0.3, 0.4) is 0 Å². The van der Waals surface area contributed by atoms with Gasteiger partial charge in [0.2, 0.25) is 0 Å². The highest BCUT2D eigenvalue weighted by Crippen LogP contribution is 2.34. The molecule has 0 spiro atoms. The average Bonchev–Trinajstić information content (AvgIpc) is 3.03. The number of nitro groups is 1. The molecular weight excluding hydrogens is 292 g/mol. The summed E-state index contributed by atoms with van der Waals surface area (Å²) >= 11 is 0. The number of likely N-dealkylation sites (tertiary alicyclic amines) is 1. The van der Waals surface area contributed by atoms with E-state index >= 15 is 0 Å². The van der Waals surface area contributed by atoms with Crippen LogP contribution in [0.4, 0.5) is 5.69 Å². The molecule has 0 aliphatic carbocycles. The second-order valence-electron chi connectivity index (χ2n) is 5.83. The van der Waals surface area contributed by atoms with Crippen molar-refractivity contribution in [3.8, 4) is 5.75 Å². The molecule has 1 fully saturated rings. The standard InChI is InChI=1S/C18H20N2O3/c1-23-17-9-7-15(8-10-17)18-6-3-11-19(18)13-14-4-2-5-16(12-14)20(21)22/h2,4-5,7-10,12,18H,3,6,11,13H2,1H3/t18-/m1/s1. The number of non-ortho nitro benzene ring substituents is 1. The molecule has 1 atom stereocenters. The van der Waals surface area contributed by atoms with Crippen molar-refractivity contribution in [3.05, 3.63) is 69.8 Å². The normalized spacial score (nSPS) is 18.0. The SMILES string of the molecule is COc1ccc([C@H]2CCCN2Cc2cccc([N+](=O)[O-])c2)cc1. The molecule has 3 rings (SSSR count). The van der Waals surface area contributed by atoms with Gasteiger partial charge >= 0.3 is 0 Å². The Kier molecular flexibility index (Phi) is 4.57. The van der Waals surface area contributed by atoms with E-state index in [1.165, 1.54) is 11.6 Å². The molecule has 23 heavy (non-hydrogen) atoms. The highest BCUT2D eigenvalue weighted by atomic mass is 16.6. The number of ether oxygens (including phenoxy) is 1. The minimum absolute atomic E-state index is 0.155. The summed E-state index contributed by atoms with van der Waals surface area (Å²) in [5.41, 5.74) is 2.41. The minimum atomic E-state index is -0.339. The third-order valence-corrected chi connectivity index (χ3v) is 4.37. The van der Waals surface area contributed by atoms with Crippen molar-refractivity contribution < 1.29 is 9.66 Å². The Morgan fingerprint density at radius 1 is 1.26 bits per heavy atom. The highest BCUT2D eigenvalue weighted by Gasteiger charge is 2.26. The fraction of sp³-hybridized carbons (Fsp3) is 0.333. The van der Waals surface area contributed by atoms with Crippen molar-refractivity contribution in [1.82, 2.24) is 4.90 Å². The number of hydrogen-bond donors (Lipinski definition) is 0. The van der Waals surface area contributed by atoms with Gasteiger partial charge in [-0.05, 0) is 42.6 Å². The maximum Gasteiger partial charge on any atom is 0.269 e. The lowest BCUT2D eigenvalue weighted by molar-refractivity contribution is -0.384. The van der Waals surface area contributed by atoms with Gasteiger partial charge in [-0.3, -0.25) is 15.0 Å². The third kappa shape index (κ3) is 3.51. The van der Waals surface area contributed by atoms with Gasteiger partial charge in [-0.15, -0.1) is 0 Å². The van der Waals surface area contributed by atoms with Gasteiger partial charge in [-0.2, -0.15) is 0 Å². The summed E-state index contributed by atoms with van der Waals surface area (Å²) in [6.45, 7) is 1.75. The molecule has 120 valence electrons. The second-order valence-corrected chi connectivity index (χ2v) is 5.83. The fourth-order valence-electron chi connectivity index (χ4n) is 3.22. The predicted octanol–water partition coefficient (Wildman–Crippen LogP) is 3.94. The molecule has 0 amide bonds. The molecular formula is C18H20N2O3. The van der Waals surface area contributed by atoms with Crippen molar-refractivity contribution in [2.24, 2.45) is 0 Å². The maximum atomic E-state index is 10.9. The lowest BCUT2D eigenvalue weighted by Crippen LogP contribution is -2.22. The van der Waals surface area contributed by atoms with Crippen LogP contribution in [-0.4, -0.2) is 23.5 Å². The molecule has 0 aromatic heterocycles. The van der Waals surface area contributed by atoms with E-state index < -0.39 is 0 Å². The van der Waals surface area contributed by atoms with E-state index in [0.29, 0.717) is 6.04 Å². The molecule has 5 nitrogen and oxygen atoms in total. The van der Waals surface area contributed by atoms with Crippen LogP contribution >= 0.6 is 0 Å². The Morgan fingerprint density at radius 3 is 2.74 bits per heavy atom. The molecule has 1 saturated heterocycles. The first-order valence-electron chi connectivity index (χ1n) is 7.78. The van der Waals surface area contributed by atoms with Gasteiger partial charge in [-0.25, -0.2) is 0 Å². The Bertz CT molecular complexity index is 685. The van der Waals surface area contributed by atoms with Gasteiger partial charge in [0.05, 0.1) is 12.0 Å². The molecule has 0 saturated carbocycles. The van der Waals surface area contributed by atoms with Crippen LogP contribution in [0, 0.1) is 10.1 Å². The first kappa shape index (κ1) is 15.5. The Hall–Kier alpha value is -2.40. The van der Waals surface area contributed by atoms with E-state index in [-0.39, 0.29) is 10.6 Å². The van der Waals surface area contributed by atoms with Crippen LogP contribution < -0.4 is 4.74 Å². The average molecular weight is 312 g/mol. The number of hydrogen-bond acceptors (Lipinski definition) is 4. The van der Waals surface area contributed by atoms with Crippen molar-refractivity contribution in [2.75, 3.05) is 13.7 Å². The van der Waals surface area contributed by atoms with E-state index in [1.807, 2.05) is 18.2 Å². The van der Waals surface area contributed by atoms with Crippen LogP contribution in [0.15, 0.2) is 48.5 Å². The summed E-state index contributed by atoms with van der Waals surface area (Å²) in [7, 11) is 1.67. The summed E-state index contributed by atoms with van der Waals surface area (Å²) in [5, 5.41) is 10.9. The van der Waals surface area contributed by atoms with Crippen LogP contribution in [-0.2, 0) is 6.54 Å². The Labute approximate surface area is 135 Å². The van der Waals surface area contributed by atoms with Crippen molar-refractivity contribution in [2.45, 2.75) is 25.4 Å². The van der Waals surface area contributed by atoms with Crippen molar-refractivity contribution in [3.63, 3.8) is 0 Å². The number of benzene rings is 2. The van der Waals surface area contributed by atoms with Gasteiger partial charge in [0.1, 0.15) is 5.75 Å². The van der Waals surface area contributed by atoms with E-state index in [1.54, 1.807) is 19.2 Å². The molecule has 0 unspecified atom stereocenters. The quantitative estimate of drug-likeness (QED) is 0.620. The summed E-state index contributed by atoms with van der Waals surface area (Å²) in [6, 6.07) is 15.5. The van der Waals surface area contributed by atoms with E-state index in [0.717, 1.165) is 37.2 Å². The third-order valence-electron chi connectivity index (χ3n) is 4.37. The minimum Gasteiger partial charge on any atom is -0.497 e. The lowest BCUT2D eigenvalue weighted by Gasteiger charge is -2.25. The van der Waals surface area contributed by atoms with Gasteiger partial charge < -0.3 is 4.74 Å². The number of nitrogens with zero attached hydrogens (tertiary/aromatic N) is 2. The van der Waals surface area contributed by atoms with Crippen LogP contribution in [0.5, 0.6) is 5.75 Å². The van der Waals surface area contributed by atoms with Crippen molar-refractivity contribution in [1.29, 1.82) is 0 Å². The Morgan fingerprint density at radius 2 is 2.04 bits per heavy atom. The second kappa shape index (κ2) is 6.79. The summed E-state index contributed by atoms with van der Waals surface area (Å²) in [4.78, 5) is 13.0. The van der Waals surface area contributed by atoms with E-state index in [4.69, 9.17) is 4.74 Å². The van der Waals surface area contributed by atoms with E-state index in [9.17, 15) is 10.1 Å². The molecule has 2 aromatic carbocycles. The summed E-state index contributed by atoms with van der Waals surface area (Å²) < 4.78 is 5.21. The molecule has 5 heteroatoms. The topological polar surface area (TPSA) is 55.6 Å². The zero-order valence-electron chi connectivity index (χ0n) is 13.1. The monoisotopic (exact) mass is 312 g/mol. The zero-order chi connectivity index (χ0) is 16.2. The molecule has 0 bridgehead atoms. The summed E-state index contributed by atoms with van der Waals surface area (Å²) in [5.74, 6) is 0.858.